The molecule has 5 nitrogen and oxygen atoms in total. The summed E-state index contributed by atoms with van der Waals surface area (Å²) >= 11 is 1.58. The maximum absolute atomic E-state index is 13.5. The molecule has 0 unspecified atom stereocenters. The number of rotatable bonds is 13. The average molecular weight is 553 g/mol. The van der Waals surface area contributed by atoms with Crippen molar-refractivity contribution < 1.29 is 14.7 Å². The average Bonchev–Trinajstić information content (AvgIpc) is 2.89. The molecule has 0 heterocycles. The lowest BCUT2D eigenvalue weighted by Crippen LogP contribution is -2.48. The first kappa shape index (κ1) is 31.2. The van der Waals surface area contributed by atoms with Crippen LogP contribution in [0.25, 0.3) is 11.1 Å². The van der Waals surface area contributed by atoms with E-state index >= 15 is 0 Å². The van der Waals surface area contributed by atoms with E-state index in [4.69, 9.17) is 0 Å². The van der Waals surface area contributed by atoms with Gasteiger partial charge in [0.25, 0.3) is 5.91 Å². The SMILES string of the molecule is CSCC[C@H](NC(=O)c1ccc(CN(C(C)C)C(C)(C)CC2CCCCC2)cc1-c1ccccc1C)C(=O)O. The van der Waals surface area contributed by atoms with Gasteiger partial charge in [-0.1, -0.05) is 62.4 Å². The minimum atomic E-state index is -1.00. The molecule has 39 heavy (non-hydrogen) atoms. The van der Waals surface area contributed by atoms with Gasteiger partial charge >= 0.3 is 5.97 Å². The lowest BCUT2D eigenvalue weighted by molar-refractivity contribution is -0.139. The fourth-order valence-corrected chi connectivity index (χ4v) is 6.69. The summed E-state index contributed by atoms with van der Waals surface area (Å²) < 4.78 is 0. The number of nitrogens with zero attached hydrogens (tertiary/aromatic N) is 1. The van der Waals surface area contributed by atoms with Gasteiger partial charge in [0.2, 0.25) is 0 Å². The van der Waals surface area contributed by atoms with Crippen LogP contribution in [0.5, 0.6) is 0 Å². The van der Waals surface area contributed by atoms with Crippen LogP contribution in [0.2, 0.25) is 0 Å². The first-order valence-corrected chi connectivity index (χ1v) is 15.9. The summed E-state index contributed by atoms with van der Waals surface area (Å²) in [6.07, 6.45) is 10.3. The molecule has 1 aliphatic carbocycles. The maximum atomic E-state index is 13.5. The molecule has 0 aliphatic heterocycles. The molecule has 1 fully saturated rings. The minimum Gasteiger partial charge on any atom is -0.480 e. The fourth-order valence-electron chi connectivity index (χ4n) is 6.22. The molecule has 1 atom stereocenters. The van der Waals surface area contributed by atoms with Gasteiger partial charge in [0.1, 0.15) is 6.04 Å². The van der Waals surface area contributed by atoms with E-state index in [9.17, 15) is 14.7 Å². The van der Waals surface area contributed by atoms with E-state index in [1.165, 1.54) is 38.5 Å². The molecule has 3 rings (SSSR count). The largest absolute Gasteiger partial charge is 0.480 e. The maximum Gasteiger partial charge on any atom is 0.326 e. The number of carboxylic acid groups (broad SMARTS) is 1. The normalized spacial score (nSPS) is 15.5. The molecule has 2 aromatic rings. The molecular formula is C33H48N2O3S. The second-order valence-electron chi connectivity index (χ2n) is 12.1. The Balaban J connectivity index is 1.94. The molecule has 0 bridgehead atoms. The van der Waals surface area contributed by atoms with Gasteiger partial charge in [-0.2, -0.15) is 11.8 Å². The highest BCUT2D eigenvalue weighted by Crippen LogP contribution is 2.36. The van der Waals surface area contributed by atoms with E-state index in [1.807, 2.05) is 36.6 Å². The smallest absolute Gasteiger partial charge is 0.326 e. The van der Waals surface area contributed by atoms with Crippen LogP contribution in [-0.4, -0.2) is 51.5 Å². The number of aryl methyl sites for hydroxylation is 1. The summed E-state index contributed by atoms with van der Waals surface area (Å²) in [5.74, 6) is 0.116. The van der Waals surface area contributed by atoms with Crippen molar-refractivity contribution in [2.45, 2.75) is 104 Å². The molecule has 214 valence electrons. The molecule has 1 aliphatic rings. The Morgan fingerprint density at radius 3 is 2.38 bits per heavy atom. The number of hydrogen-bond acceptors (Lipinski definition) is 4. The zero-order valence-corrected chi connectivity index (χ0v) is 25.6. The predicted molar refractivity (Wildman–Crippen MR) is 164 cm³/mol. The van der Waals surface area contributed by atoms with Gasteiger partial charge in [-0.05, 0) is 99.8 Å². The summed E-state index contributed by atoms with van der Waals surface area (Å²) in [7, 11) is 0. The molecule has 6 heteroatoms. The van der Waals surface area contributed by atoms with Crippen LogP contribution in [0, 0.1) is 12.8 Å². The summed E-state index contributed by atoms with van der Waals surface area (Å²) in [6.45, 7) is 12.2. The number of carbonyl (C=O) groups excluding carboxylic acids is 1. The van der Waals surface area contributed by atoms with Crippen LogP contribution >= 0.6 is 11.8 Å². The zero-order chi connectivity index (χ0) is 28.6. The molecule has 0 saturated heterocycles. The van der Waals surface area contributed by atoms with Gasteiger partial charge in [-0.15, -0.1) is 0 Å². The number of thioether (sulfide) groups is 1. The minimum absolute atomic E-state index is 0.0566. The molecule has 1 amide bonds. The van der Waals surface area contributed by atoms with Crippen LogP contribution in [0.3, 0.4) is 0 Å². The third-order valence-electron chi connectivity index (χ3n) is 8.24. The Kier molecular flexibility index (Phi) is 11.5. The van der Waals surface area contributed by atoms with E-state index in [0.29, 0.717) is 23.8 Å². The van der Waals surface area contributed by atoms with Gasteiger partial charge in [0, 0.05) is 23.7 Å². The summed E-state index contributed by atoms with van der Waals surface area (Å²) in [4.78, 5) is 27.9. The van der Waals surface area contributed by atoms with Crippen LogP contribution in [0.15, 0.2) is 42.5 Å². The predicted octanol–water partition coefficient (Wildman–Crippen LogP) is 7.56. The number of aliphatic carboxylic acids is 1. The number of benzene rings is 2. The van der Waals surface area contributed by atoms with Crippen molar-refractivity contribution >= 4 is 23.6 Å². The van der Waals surface area contributed by atoms with Gasteiger partial charge in [-0.3, -0.25) is 9.69 Å². The lowest BCUT2D eigenvalue weighted by atomic mass is 9.79. The molecule has 2 N–H and O–H groups in total. The van der Waals surface area contributed by atoms with Crippen molar-refractivity contribution in [1.82, 2.24) is 10.2 Å². The van der Waals surface area contributed by atoms with E-state index < -0.39 is 12.0 Å². The fraction of sp³-hybridized carbons (Fsp3) is 0.576. The van der Waals surface area contributed by atoms with Crippen molar-refractivity contribution in [2.24, 2.45) is 5.92 Å². The van der Waals surface area contributed by atoms with E-state index in [2.05, 4.69) is 57.0 Å². The molecule has 0 aromatic heterocycles. The van der Waals surface area contributed by atoms with Crippen LogP contribution in [0.4, 0.5) is 0 Å². The monoisotopic (exact) mass is 552 g/mol. The first-order valence-electron chi connectivity index (χ1n) is 14.5. The molecule has 0 spiro atoms. The molecule has 2 aromatic carbocycles. The Morgan fingerprint density at radius 1 is 1.08 bits per heavy atom. The van der Waals surface area contributed by atoms with Crippen molar-refractivity contribution in [3.63, 3.8) is 0 Å². The second-order valence-corrected chi connectivity index (χ2v) is 13.1. The number of nitrogens with one attached hydrogen (secondary N) is 1. The van der Waals surface area contributed by atoms with Crippen molar-refractivity contribution in [3.8, 4) is 11.1 Å². The molecular weight excluding hydrogens is 504 g/mol. The summed E-state index contributed by atoms with van der Waals surface area (Å²) in [5, 5.41) is 12.5. The van der Waals surface area contributed by atoms with Gasteiger partial charge in [0.05, 0.1) is 0 Å². The summed E-state index contributed by atoms with van der Waals surface area (Å²) in [5.41, 5.74) is 4.66. The standard InChI is InChI=1S/C33H48N2O3S/c1-23(2)35(33(4,5)21-25-13-8-7-9-14-25)22-26-16-17-28(29(20-26)27-15-11-10-12-24(27)3)31(36)34-30(32(37)38)18-19-39-6/h10-12,15-17,20,23,25,30H,7-9,13-14,18-19,21-22H2,1-6H3,(H,34,36)(H,37,38)/t30-/m0/s1. The number of amides is 1. The van der Waals surface area contributed by atoms with E-state index in [1.54, 1.807) is 11.8 Å². The van der Waals surface area contributed by atoms with Crippen LogP contribution in [-0.2, 0) is 11.3 Å². The lowest BCUT2D eigenvalue weighted by Gasteiger charge is -2.44. The van der Waals surface area contributed by atoms with E-state index in [-0.39, 0.29) is 11.4 Å². The Bertz CT molecular complexity index is 1110. The first-order chi connectivity index (χ1) is 18.5. The Labute approximate surface area is 240 Å². The number of carboxylic acids is 1. The third-order valence-corrected chi connectivity index (χ3v) is 8.89. The topological polar surface area (TPSA) is 69.6 Å². The third kappa shape index (κ3) is 8.59. The summed E-state index contributed by atoms with van der Waals surface area (Å²) in [6, 6.07) is 13.6. The van der Waals surface area contributed by atoms with Gasteiger partial charge < -0.3 is 10.4 Å². The van der Waals surface area contributed by atoms with Crippen molar-refractivity contribution in [3.05, 3.63) is 59.2 Å². The van der Waals surface area contributed by atoms with Crippen molar-refractivity contribution in [2.75, 3.05) is 12.0 Å². The highest BCUT2D eigenvalue weighted by atomic mass is 32.2. The number of carbonyl (C=O) groups is 2. The van der Waals surface area contributed by atoms with Crippen LogP contribution < -0.4 is 5.32 Å². The number of hydrogen-bond donors (Lipinski definition) is 2. The van der Waals surface area contributed by atoms with Gasteiger partial charge in [0.15, 0.2) is 0 Å². The zero-order valence-electron chi connectivity index (χ0n) is 24.8. The quantitative estimate of drug-likeness (QED) is 0.268. The Morgan fingerprint density at radius 2 is 1.77 bits per heavy atom. The molecule has 1 saturated carbocycles. The second kappa shape index (κ2) is 14.4. The van der Waals surface area contributed by atoms with E-state index in [0.717, 1.165) is 34.7 Å². The highest BCUT2D eigenvalue weighted by molar-refractivity contribution is 7.98. The van der Waals surface area contributed by atoms with Gasteiger partial charge in [-0.25, -0.2) is 4.79 Å². The molecule has 0 radical (unpaired) electrons. The van der Waals surface area contributed by atoms with Crippen LogP contribution in [0.1, 0.15) is 94.1 Å². The Hall–Kier alpha value is -2.31. The highest BCUT2D eigenvalue weighted by Gasteiger charge is 2.32. The van der Waals surface area contributed by atoms with Crippen molar-refractivity contribution in [1.29, 1.82) is 0 Å².